The molecular weight excluding hydrogens is 410 g/mol. The van der Waals surface area contributed by atoms with Gasteiger partial charge < -0.3 is 14.8 Å². The van der Waals surface area contributed by atoms with E-state index < -0.39 is 0 Å². The van der Waals surface area contributed by atoms with Crippen molar-refractivity contribution in [2.45, 2.75) is 38.9 Å². The third kappa shape index (κ3) is 5.10. The number of carbonyl (C=O) groups excluding carboxylic acids is 2. The van der Waals surface area contributed by atoms with Crippen LogP contribution in [0, 0.1) is 17.8 Å². The first-order valence-electron chi connectivity index (χ1n) is 10.3. The highest BCUT2D eigenvalue weighted by Crippen LogP contribution is 2.34. The zero-order chi connectivity index (χ0) is 23.1. The van der Waals surface area contributed by atoms with Crippen LogP contribution in [0.25, 0.3) is 5.52 Å². The summed E-state index contributed by atoms with van der Waals surface area (Å²) in [6.07, 6.45) is 2.70. The van der Waals surface area contributed by atoms with Crippen molar-refractivity contribution in [1.29, 1.82) is 5.26 Å². The van der Waals surface area contributed by atoms with Crippen molar-refractivity contribution in [1.82, 2.24) is 14.6 Å². The summed E-state index contributed by atoms with van der Waals surface area (Å²) < 4.78 is 13.1. The van der Waals surface area contributed by atoms with Crippen LogP contribution in [0.5, 0.6) is 0 Å². The molecule has 0 saturated carbocycles. The summed E-state index contributed by atoms with van der Waals surface area (Å²) in [4.78, 5) is 28.4. The fourth-order valence-corrected chi connectivity index (χ4v) is 3.45. The van der Waals surface area contributed by atoms with Gasteiger partial charge in [0.2, 0.25) is 0 Å². The van der Waals surface area contributed by atoms with Gasteiger partial charge in [0.25, 0.3) is 5.91 Å². The van der Waals surface area contributed by atoms with Crippen molar-refractivity contribution in [3.05, 3.63) is 60.0 Å². The number of benzene rings is 1. The van der Waals surface area contributed by atoms with Gasteiger partial charge in [-0.15, -0.1) is 0 Å². The van der Waals surface area contributed by atoms with Crippen LogP contribution in [0.2, 0.25) is 0 Å². The average Bonchev–Trinajstić information content (AvgIpc) is 3.46. The first kappa shape index (κ1) is 22.9. The number of aromatic nitrogens is 3. The Balaban J connectivity index is 0.00000141. The molecule has 0 bridgehead atoms. The maximum Gasteiger partial charge on any atom is 0.308 e. The van der Waals surface area contributed by atoms with Crippen molar-refractivity contribution < 1.29 is 19.1 Å². The largest absolute Gasteiger partial charge is 0.463 e. The monoisotopic (exact) mass is 435 g/mol. The highest BCUT2D eigenvalue weighted by Gasteiger charge is 2.30. The number of esters is 1. The number of rotatable bonds is 6. The Hall–Kier alpha value is -3.77. The molecule has 166 valence electrons. The van der Waals surface area contributed by atoms with Crippen LogP contribution in [-0.4, -0.2) is 39.2 Å². The molecule has 1 amide bonds. The lowest BCUT2D eigenvalue weighted by Gasteiger charge is -2.15. The zero-order valence-electron chi connectivity index (χ0n) is 18.0. The second-order valence-electron chi connectivity index (χ2n) is 7.59. The van der Waals surface area contributed by atoms with Crippen molar-refractivity contribution in [2.24, 2.45) is 5.92 Å². The summed E-state index contributed by atoms with van der Waals surface area (Å²) >= 11 is 0. The first-order valence-corrected chi connectivity index (χ1v) is 10.3. The van der Waals surface area contributed by atoms with Crippen LogP contribution in [0.4, 0.5) is 5.82 Å². The molecule has 3 heterocycles. The third-order valence-corrected chi connectivity index (χ3v) is 5.07. The normalized spacial score (nSPS) is 17.5. The van der Waals surface area contributed by atoms with E-state index in [-0.39, 0.29) is 36.6 Å². The lowest BCUT2D eigenvalue weighted by molar-refractivity contribution is -0.151. The Morgan fingerprint density at radius 1 is 1.22 bits per heavy atom. The van der Waals surface area contributed by atoms with E-state index in [9.17, 15) is 9.59 Å². The molecule has 9 nitrogen and oxygen atoms in total. The summed E-state index contributed by atoms with van der Waals surface area (Å²) in [6, 6.07) is 12.8. The minimum Gasteiger partial charge on any atom is -0.463 e. The number of fused-ring (bicyclic) bond motifs is 1. The lowest BCUT2D eigenvalue weighted by atomic mass is 10.1. The number of nitriles is 1. The van der Waals surface area contributed by atoms with E-state index in [1.165, 1.54) is 6.33 Å². The zero-order valence-corrected chi connectivity index (χ0v) is 18.0. The Morgan fingerprint density at radius 3 is 2.69 bits per heavy atom. The van der Waals surface area contributed by atoms with E-state index in [4.69, 9.17) is 14.7 Å². The maximum absolute atomic E-state index is 12.5. The summed E-state index contributed by atoms with van der Waals surface area (Å²) in [6.45, 7) is 7.37. The van der Waals surface area contributed by atoms with Crippen LogP contribution in [-0.2, 0) is 14.3 Å². The fourth-order valence-electron chi connectivity index (χ4n) is 3.45. The molecule has 9 heteroatoms. The number of hydrogen-bond donors (Lipinski definition) is 1. The average molecular weight is 435 g/mol. The number of nitrogens with zero attached hydrogens (tertiary/aromatic N) is 4. The van der Waals surface area contributed by atoms with Crippen molar-refractivity contribution in [3.8, 4) is 6.57 Å². The number of anilines is 1. The van der Waals surface area contributed by atoms with E-state index in [0.717, 1.165) is 18.5 Å². The summed E-state index contributed by atoms with van der Waals surface area (Å²) in [5.74, 6) is -0.173. The van der Waals surface area contributed by atoms with Crippen LogP contribution in [0.1, 0.15) is 48.8 Å². The molecule has 1 aliphatic heterocycles. The van der Waals surface area contributed by atoms with Gasteiger partial charge >= 0.3 is 5.97 Å². The molecule has 1 aromatic carbocycles. The molecule has 2 atom stereocenters. The fraction of sp³-hybridized carbons (Fsp3) is 0.348. The second-order valence-corrected chi connectivity index (χ2v) is 7.59. The van der Waals surface area contributed by atoms with Gasteiger partial charge in [0.05, 0.1) is 17.7 Å². The molecule has 1 fully saturated rings. The van der Waals surface area contributed by atoms with Gasteiger partial charge in [-0.05, 0) is 37.1 Å². The maximum atomic E-state index is 12.5. The van der Waals surface area contributed by atoms with Gasteiger partial charge in [0, 0.05) is 12.1 Å². The number of carbonyl (C=O) groups is 2. The van der Waals surface area contributed by atoms with Crippen LogP contribution >= 0.6 is 0 Å². The highest BCUT2D eigenvalue weighted by atomic mass is 16.6. The van der Waals surface area contributed by atoms with E-state index >= 15 is 0 Å². The number of amides is 1. The molecule has 1 N–H and O–H groups in total. The standard InChI is InChI=1S/C22H24N4O4.CHN/c1-14(2)22(28)29-12-16-8-11-19(30-16)17-9-10-18-20(23-13-24-26(17)18)25-21(27)15-6-4-3-5-7-15;1-2/h3-7,9-10,13-14,16,19H,8,11-12H2,1-2H3,(H,23,24,25,27);1H. The van der Waals surface area contributed by atoms with Crippen molar-refractivity contribution in [3.63, 3.8) is 0 Å². The van der Waals surface area contributed by atoms with E-state index in [2.05, 4.69) is 22.0 Å². The number of nitrogens with one attached hydrogen (secondary N) is 1. The molecule has 32 heavy (non-hydrogen) atoms. The van der Waals surface area contributed by atoms with Crippen molar-refractivity contribution in [2.75, 3.05) is 11.9 Å². The smallest absolute Gasteiger partial charge is 0.308 e. The first-order chi connectivity index (χ1) is 15.5. The predicted octanol–water partition coefficient (Wildman–Crippen LogP) is 3.54. The molecule has 0 spiro atoms. The van der Waals surface area contributed by atoms with Gasteiger partial charge in [0.15, 0.2) is 5.82 Å². The summed E-state index contributed by atoms with van der Waals surface area (Å²) in [5, 5.41) is 13.7. The highest BCUT2D eigenvalue weighted by molar-refractivity contribution is 6.05. The topological polar surface area (TPSA) is 119 Å². The molecule has 1 aliphatic rings. The van der Waals surface area contributed by atoms with Gasteiger partial charge in [-0.1, -0.05) is 32.0 Å². The summed E-state index contributed by atoms with van der Waals surface area (Å²) in [5.41, 5.74) is 2.12. The predicted molar refractivity (Wildman–Crippen MR) is 117 cm³/mol. The van der Waals surface area contributed by atoms with Crippen LogP contribution < -0.4 is 5.32 Å². The Morgan fingerprint density at radius 2 is 1.97 bits per heavy atom. The molecule has 1 saturated heterocycles. The van der Waals surface area contributed by atoms with Gasteiger partial charge in [-0.2, -0.15) is 5.10 Å². The molecule has 4 rings (SSSR count). The third-order valence-electron chi connectivity index (χ3n) is 5.07. The second kappa shape index (κ2) is 10.5. The van der Waals surface area contributed by atoms with Gasteiger partial charge in [0.1, 0.15) is 24.6 Å². The molecule has 2 aromatic heterocycles. The van der Waals surface area contributed by atoms with Gasteiger partial charge in [-0.25, -0.2) is 14.8 Å². The molecule has 0 aliphatic carbocycles. The molecule has 0 radical (unpaired) electrons. The Bertz CT molecular complexity index is 1090. The number of hydrogen-bond acceptors (Lipinski definition) is 7. The van der Waals surface area contributed by atoms with E-state index in [0.29, 0.717) is 16.9 Å². The Kier molecular flexibility index (Phi) is 7.52. The van der Waals surface area contributed by atoms with Crippen LogP contribution in [0.3, 0.4) is 0 Å². The number of ether oxygens (including phenoxy) is 2. The quantitative estimate of drug-likeness (QED) is 0.588. The van der Waals surface area contributed by atoms with E-state index in [1.807, 2.05) is 30.3 Å². The molecule has 3 aromatic rings. The van der Waals surface area contributed by atoms with Gasteiger partial charge in [-0.3, -0.25) is 9.59 Å². The van der Waals surface area contributed by atoms with Crippen LogP contribution in [0.15, 0.2) is 48.8 Å². The van der Waals surface area contributed by atoms with E-state index in [1.54, 1.807) is 30.5 Å². The summed E-state index contributed by atoms with van der Waals surface area (Å²) in [7, 11) is 0. The molecular formula is C23H25N5O4. The molecule has 2 unspecified atom stereocenters. The lowest BCUT2D eigenvalue weighted by Crippen LogP contribution is -2.21. The Labute approximate surface area is 186 Å². The van der Waals surface area contributed by atoms with Crippen molar-refractivity contribution >= 4 is 23.2 Å². The minimum atomic E-state index is -0.233. The SMILES string of the molecule is C#N.CC(C)C(=O)OCC1CCC(c2ccc3c(NC(=O)c4ccccc4)ncnn23)O1. The minimum absolute atomic E-state index is 0.137.